The SMILES string of the molecule is CC(C)(C)CCCCOC1CCc2nc(C(C)(C)C)cn2C1. The highest BCUT2D eigenvalue weighted by Crippen LogP contribution is 2.25. The first-order chi connectivity index (χ1) is 10.1. The van der Waals surface area contributed by atoms with Crippen molar-refractivity contribution in [2.75, 3.05) is 6.61 Å². The lowest BCUT2D eigenvalue weighted by Gasteiger charge is -2.24. The average Bonchev–Trinajstić information content (AvgIpc) is 2.80. The number of fused-ring (bicyclic) bond motifs is 1. The lowest BCUT2D eigenvalue weighted by Crippen LogP contribution is -2.27. The van der Waals surface area contributed by atoms with E-state index in [4.69, 9.17) is 9.72 Å². The van der Waals surface area contributed by atoms with Gasteiger partial charge in [-0.05, 0) is 24.7 Å². The summed E-state index contributed by atoms with van der Waals surface area (Å²) in [7, 11) is 0. The summed E-state index contributed by atoms with van der Waals surface area (Å²) in [4.78, 5) is 4.80. The van der Waals surface area contributed by atoms with Crippen molar-refractivity contribution >= 4 is 0 Å². The number of aryl methyl sites for hydroxylation is 1. The molecule has 1 unspecified atom stereocenters. The molecular weight excluding hydrogens is 272 g/mol. The topological polar surface area (TPSA) is 27.1 Å². The van der Waals surface area contributed by atoms with Gasteiger partial charge in [0.2, 0.25) is 0 Å². The van der Waals surface area contributed by atoms with Crippen LogP contribution in [-0.4, -0.2) is 22.3 Å². The Morgan fingerprint density at radius 1 is 1.18 bits per heavy atom. The minimum absolute atomic E-state index is 0.133. The third-order valence-corrected chi connectivity index (χ3v) is 4.39. The highest BCUT2D eigenvalue weighted by molar-refractivity contribution is 5.14. The molecule has 1 aliphatic rings. The molecule has 1 aromatic heterocycles. The van der Waals surface area contributed by atoms with Crippen LogP contribution in [0.1, 0.15) is 78.7 Å². The highest BCUT2D eigenvalue weighted by Gasteiger charge is 2.24. The Bertz CT molecular complexity index is 477. The average molecular weight is 306 g/mol. The maximum Gasteiger partial charge on any atom is 0.109 e. The molecule has 0 radical (unpaired) electrons. The third-order valence-electron chi connectivity index (χ3n) is 4.39. The van der Waals surface area contributed by atoms with E-state index in [1.165, 1.54) is 30.8 Å². The summed E-state index contributed by atoms with van der Waals surface area (Å²) in [5.41, 5.74) is 1.78. The van der Waals surface area contributed by atoms with Gasteiger partial charge in [0.1, 0.15) is 5.82 Å². The number of hydrogen-bond acceptors (Lipinski definition) is 2. The molecule has 22 heavy (non-hydrogen) atoms. The molecule has 3 nitrogen and oxygen atoms in total. The van der Waals surface area contributed by atoms with Crippen LogP contribution in [0, 0.1) is 5.41 Å². The molecule has 126 valence electrons. The minimum atomic E-state index is 0.133. The fraction of sp³-hybridized carbons (Fsp3) is 0.842. The Morgan fingerprint density at radius 2 is 1.91 bits per heavy atom. The molecule has 1 aromatic rings. The molecule has 3 heteroatoms. The van der Waals surface area contributed by atoms with Crippen LogP contribution in [0.15, 0.2) is 6.20 Å². The molecule has 1 aliphatic heterocycles. The van der Waals surface area contributed by atoms with E-state index >= 15 is 0 Å². The van der Waals surface area contributed by atoms with Crippen LogP contribution in [0.4, 0.5) is 0 Å². The Balaban J connectivity index is 1.77. The van der Waals surface area contributed by atoms with Gasteiger partial charge in [0.15, 0.2) is 0 Å². The molecule has 0 fully saturated rings. The van der Waals surface area contributed by atoms with E-state index in [0.29, 0.717) is 11.5 Å². The lowest BCUT2D eigenvalue weighted by molar-refractivity contribution is 0.0250. The third kappa shape index (κ3) is 5.12. The number of ether oxygens (including phenoxy) is 1. The van der Waals surface area contributed by atoms with Gasteiger partial charge in [-0.25, -0.2) is 4.98 Å². The van der Waals surface area contributed by atoms with Crippen molar-refractivity contribution in [3.8, 4) is 0 Å². The second-order valence-electron chi connectivity index (χ2n) is 8.99. The fourth-order valence-corrected chi connectivity index (χ4v) is 2.92. The van der Waals surface area contributed by atoms with E-state index in [9.17, 15) is 0 Å². The van der Waals surface area contributed by atoms with Crippen molar-refractivity contribution in [3.63, 3.8) is 0 Å². The van der Waals surface area contributed by atoms with Gasteiger partial charge in [0.25, 0.3) is 0 Å². The monoisotopic (exact) mass is 306 g/mol. The molecule has 0 spiro atoms. The molecule has 1 atom stereocenters. The summed E-state index contributed by atoms with van der Waals surface area (Å²) in [5.74, 6) is 1.23. The number of nitrogens with zero attached hydrogens (tertiary/aromatic N) is 2. The maximum absolute atomic E-state index is 6.10. The standard InChI is InChI=1S/C19H34N2O/c1-18(2,3)11-7-8-12-22-15-9-10-17-20-16(19(4,5)6)14-21(17)13-15/h14-15H,7-13H2,1-6H3. The number of imidazole rings is 1. The van der Waals surface area contributed by atoms with Crippen molar-refractivity contribution in [2.24, 2.45) is 5.41 Å². The van der Waals surface area contributed by atoms with Gasteiger partial charge in [-0.2, -0.15) is 0 Å². The van der Waals surface area contributed by atoms with E-state index in [0.717, 1.165) is 26.0 Å². The van der Waals surface area contributed by atoms with Crippen molar-refractivity contribution in [1.82, 2.24) is 9.55 Å². The zero-order valence-electron chi connectivity index (χ0n) is 15.4. The summed E-state index contributed by atoms with van der Waals surface area (Å²) in [6.45, 7) is 15.5. The summed E-state index contributed by atoms with van der Waals surface area (Å²) < 4.78 is 8.41. The first-order valence-corrected chi connectivity index (χ1v) is 8.83. The second-order valence-corrected chi connectivity index (χ2v) is 8.99. The van der Waals surface area contributed by atoms with Gasteiger partial charge in [-0.1, -0.05) is 48.0 Å². The Morgan fingerprint density at radius 3 is 2.55 bits per heavy atom. The van der Waals surface area contributed by atoms with E-state index in [1.807, 2.05) is 0 Å². The van der Waals surface area contributed by atoms with Crippen molar-refractivity contribution in [1.29, 1.82) is 0 Å². The smallest absolute Gasteiger partial charge is 0.109 e. The first kappa shape index (κ1) is 17.5. The summed E-state index contributed by atoms with van der Waals surface area (Å²) in [6, 6.07) is 0. The van der Waals surface area contributed by atoms with Crippen LogP contribution in [0.25, 0.3) is 0 Å². The molecule has 0 saturated heterocycles. The molecule has 0 bridgehead atoms. The van der Waals surface area contributed by atoms with Crippen LogP contribution in [0.5, 0.6) is 0 Å². The fourth-order valence-electron chi connectivity index (χ4n) is 2.92. The van der Waals surface area contributed by atoms with Gasteiger partial charge in [0.05, 0.1) is 18.3 Å². The van der Waals surface area contributed by atoms with Gasteiger partial charge >= 0.3 is 0 Å². The number of unbranched alkanes of at least 4 members (excludes halogenated alkanes) is 1. The van der Waals surface area contributed by atoms with Gasteiger partial charge < -0.3 is 9.30 Å². The predicted molar refractivity (Wildman–Crippen MR) is 92.3 cm³/mol. The number of hydrogen-bond donors (Lipinski definition) is 0. The van der Waals surface area contributed by atoms with Crippen molar-refractivity contribution < 1.29 is 4.74 Å². The molecule has 0 aromatic carbocycles. The number of aromatic nitrogens is 2. The molecule has 2 rings (SSSR count). The van der Waals surface area contributed by atoms with Gasteiger partial charge in [0, 0.05) is 24.6 Å². The maximum atomic E-state index is 6.10. The van der Waals surface area contributed by atoms with Crippen molar-refractivity contribution in [3.05, 3.63) is 17.7 Å². The van der Waals surface area contributed by atoms with E-state index in [1.54, 1.807) is 0 Å². The molecule has 0 saturated carbocycles. The predicted octanol–water partition coefficient (Wildman–Crippen LogP) is 4.73. The van der Waals surface area contributed by atoms with E-state index in [2.05, 4.69) is 52.3 Å². The Labute approximate surface area is 136 Å². The Kier molecular flexibility index (Phi) is 5.37. The van der Waals surface area contributed by atoms with Crippen LogP contribution < -0.4 is 0 Å². The number of rotatable bonds is 5. The van der Waals surface area contributed by atoms with E-state index < -0.39 is 0 Å². The summed E-state index contributed by atoms with van der Waals surface area (Å²) in [5, 5.41) is 0. The largest absolute Gasteiger partial charge is 0.376 e. The second kappa shape index (κ2) is 6.74. The first-order valence-electron chi connectivity index (χ1n) is 8.83. The molecule has 0 N–H and O–H groups in total. The minimum Gasteiger partial charge on any atom is -0.376 e. The molecule has 0 aliphatic carbocycles. The van der Waals surface area contributed by atoms with Gasteiger partial charge in [-0.3, -0.25) is 0 Å². The van der Waals surface area contributed by atoms with Crippen molar-refractivity contribution in [2.45, 2.75) is 91.7 Å². The van der Waals surface area contributed by atoms with Crippen LogP contribution in [-0.2, 0) is 23.1 Å². The summed E-state index contributed by atoms with van der Waals surface area (Å²) in [6.07, 6.45) is 8.47. The normalized spacial score (nSPS) is 19.3. The highest BCUT2D eigenvalue weighted by atomic mass is 16.5. The molecular formula is C19H34N2O. The summed E-state index contributed by atoms with van der Waals surface area (Å²) >= 11 is 0. The Hall–Kier alpha value is -0.830. The zero-order valence-corrected chi connectivity index (χ0v) is 15.4. The molecule has 2 heterocycles. The zero-order chi connectivity index (χ0) is 16.4. The quantitative estimate of drug-likeness (QED) is 0.735. The lowest BCUT2D eigenvalue weighted by atomic mass is 9.90. The molecule has 0 amide bonds. The van der Waals surface area contributed by atoms with Crippen LogP contribution >= 0.6 is 0 Å². The van der Waals surface area contributed by atoms with Gasteiger partial charge in [-0.15, -0.1) is 0 Å². The van der Waals surface area contributed by atoms with Crippen LogP contribution in [0.3, 0.4) is 0 Å². The van der Waals surface area contributed by atoms with Crippen LogP contribution in [0.2, 0.25) is 0 Å². The van der Waals surface area contributed by atoms with E-state index in [-0.39, 0.29) is 5.41 Å².